The van der Waals surface area contributed by atoms with Crippen LogP contribution in [0.5, 0.6) is 0 Å². The fourth-order valence-corrected chi connectivity index (χ4v) is 2.54. The quantitative estimate of drug-likeness (QED) is 0.695. The highest BCUT2D eigenvalue weighted by Gasteiger charge is 2.09. The van der Waals surface area contributed by atoms with E-state index < -0.39 is 0 Å². The first-order chi connectivity index (χ1) is 12.2. The topological polar surface area (TPSA) is 54.0 Å². The third kappa shape index (κ3) is 4.23. The molecule has 2 aromatic carbocycles. The Morgan fingerprint density at radius 3 is 2.36 bits per heavy atom. The molecule has 0 fully saturated rings. The smallest absolute Gasteiger partial charge is 0.274 e. The zero-order chi connectivity index (χ0) is 17.6. The van der Waals surface area contributed by atoms with Gasteiger partial charge >= 0.3 is 0 Å². The zero-order valence-corrected chi connectivity index (χ0v) is 14.4. The molecule has 0 aliphatic rings. The Balaban J connectivity index is 1.69. The van der Waals surface area contributed by atoms with Crippen molar-refractivity contribution in [3.05, 3.63) is 83.7 Å². The van der Waals surface area contributed by atoms with Crippen LogP contribution in [0.4, 0.5) is 17.1 Å². The summed E-state index contributed by atoms with van der Waals surface area (Å²) in [5.74, 6) is -0.206. The minimum atomic E-state index is -0.206. The molecule has 1 amide bonds. The van der Waals surface area contributed by atoms with Crippen molar-refractivity contribution in [3.63, 3.8) is 0 Å². The molecule has 0 spiro atoms. The van der Waals surface area contributed by atoms with Crippen LogP contribution < -0.4 is 10.6 Å². The van der Waals surface area contributed by atoms with Crippen molar-refractivity contribution in [1.29, 1.82) is 0 Å². The fraction of sp³-hybridized carbons (Fsp3) is 0.143. The average molecular weight is 331 g/mol. The van der Waals surface area contributed by atoms with Crippen molar-refractivity contribution in [1.82, 2.24) is 4.98 Å². The van der Waals surface area contributed by atoms with Crippen LogP contribution in [0.25, 0.3) is 0 Å². The number of carbonyl (C=O) groups is 1. The Labute approximate surface area is 147 Å². The van der Waals surface area contributed by atoms with Gasteiger partial charge in [0, 0.05) is 11.4 Å². The molecule has 4 heteroatoms. The van der Waals surface area contributed by atoms with E-state index >= 15 is 0 Å². The van der Waals surface area contributed by atoms with E-state index in [4.69, 9.17) is 0 Å². The maximum absolute atomic E-state index is 12.4. The van der Waals surface area contributed by atoms with Crippen LogP contribution >= 0.6 is 0 Å². The Bertz CT molecular complexity index is 855. The number of anilines is 3. The molecule has 0 aliphatic heterocycles. The zero-order valence-electron chi connectivity index (χ0n) is 14.4. The first kappa shape index (κ1) is 16.7. The van der Waals surface area contributed by atoms with Gasteiger partial charge in [0.15, 0.2) is 0 Å². The van der Waals surface area contributed by atoms with E-state index in [1.54, 1.807) is 12.3 Å². The highest BCUT2D eigenvalue weighted by atomic mass is 16.1. The highest BCUT2D eigenvalue weighted by molar-refractivity contribution is 6.03. The number of amides is 1. The number of hydrogen-bond donors (Lipinski definition) is 2. The predicted molar refractivity (Wildman–Crippen MR) is 102 cm³/mol. The number of aromatic nitrogens is 1. The summed E-state index contributed by atoms with van der Waals surface area (Å²) in [5.41, 5.74) is 5.37. The Hall–Kier alpha value is -3.14. The SMILES string of the molecule is CCc1ccccc1NC(=O)c1ccc(Nc2ccc(C)cc2)cn1. The van der Waals surface area contributed by atoms with Gasteiger partial charge in [0.25, 0.3) is 5.91 Å². The predicted octanol–water partition coefficient (Wildman–Crippen LogP) is 4.95. The van der Waals surface area contributed by atoms with E-state index in [0.717, 1.165) is 29.0 Å². The Morgan fingerprint density at radius 1 is 0.960 bits per heavy atom. The summed E-state index contributed by atoms with van der Waals surface area (Å²) >= 11 is 0. The molecule has 25 heavy (non-hydrogen) atoms. The fourth-order valence-electron chi connectivity index (χ4n) is 2.54. The van der Waals surface area contributed by atoms with E-state index in [1.165, 1.54) is 5.56 Å². The maximum Gasteiger partial charge on any atom is 0.274 e. The molecule has 0 bridgehead atoms. The van der Waals surface area contributed by atoms with Crippen molar-refractivity contribution < 1.29 is 4.79 Å². The van der Waals surface area contributed by atoms with E-state index in [0.29, 0.717) is 5.69 Å². The van der Waals surface area contributed by atoms with E-state index in [9.17, 15) is 4.79 Å². The number of rotatable bonds is 5. The second-order valence-corrected chi connectivity index (χ2v) is 5.89. The minimum Gasteiger partial charge on any atom is -0.354 e. The normalized spacial score (nSPS) is 10.3. The summed E-state index contributed by atoms with van der Waals surface area (Å²) in [6.07, 6.45) is 2.53. The first-order valence-corrected chi connectivity index (χ1v) is 8.34. The van der Waals surface area contributed by atoms with Crippen LogP contribution in [-0.4, -0.2) is 10.9 Å². The minimum absolute atomic E-state index is 0.206. The molecular weight excluding hydrogens is 310 g/mol. The molecule has 1 aromatic heterocycles. The molecular formula is C21H21N3O. The summed E-state index contributed by atoms with van der Waals surface area (Å²) in [6, 6.07) is 19.5. The molecule has 0 aliphatic carbocycles. The summed E-state index contributed by atoms with van der Waals surface area (Å²) in [6.45, 7) is 4.12. The van der Waals surface area contributed by atoms with Crippen molar-refractivity contribution in [2.45, 2.75) is 20.3 Å². The van der Waals surface area contributed by atoms with Gasteiger partial charge in [0.1, 0.15) is 5.69 Å². The summed E-state index contributed by atoms with van der Waals surface area (Å²) in [5, 5.41) is 6.20. The summed E-state index contributed by atoms with van der Waals surface area (Å²) in [7, 11) is 0. The van der Waals surface area contributed by atoms with Crippen LogP contribution in [0.1, 0.15) is 28.5 Å². The second kappa shape index (κ2) is 7.62. The molecule has 0 saturated carbocycles. The number of aryl methyl sites for hydroxylation is 2. The Kier molecular flexibility index (Phi) is 5.09. The summed E-state index contributed by atoms with van der Waals surface area (Å²) in [4.78, 5) is 16.7. The molecule has 2 N–H and O–H groups in total. The van der Waals surface area contributed by atoms with Crippen LogP contribution in [-0.2, 0) is 6.42 Å². The lowest BCUT2D eigenvalue weighted by molar-refractivity contribution is 0.102. The van der Waals surface area contributed by atoms with Crippen LogP contribution in [0.2, 0.25) is 0 Å². The number of hydrogen-bond acceptors (Lipinski definition) is 3. The van der Waals surface area contributed by atoms with Gasteiger partial charge in [-0.25, -0.2) is 4.98 Å². The van der Waals surface area contributed by atoms with E-state index in [-0.39, 0.29) is 5.91 Å². The molecule has 3 aromatic rings. The standard InChI is InChI=1S/C21H21N3O/c1-3-16-6-4-5-7-19(16)24-21(25)20-13-12-18(14-22-20)23-17-10-8-15(2)9-11-17/h4-14,23H,3H2,1-2H3,(H,24,25). The number of pyridine rings is 1. The monoisotopic (exact) mass is 331 g/mol. The molecule has 4 nitrogen and oxygen atoms in total. The van der Waals surface area contributed by atoms with Gasteiger partial charge in [-0.2, -0.15) is 0 Å². The van der Waals surface area contributed by atoms with Crippen molar-refractivity contribution in [3.8, 4) is 0 Å². The van der Waals surface area contributed by atoms with Gasteiger partial charge < -0.3 is 10.6 Å². The van der Waals surface area contributed by atoms with Gasteiger partial charge in [-0.05, 0) is 49.2 Å². The van der Waals surface area contributed by atoms with Crippen LogP contribution in [0.15, 0.2) is 66.9 Å². The first-order valence-electron chi connectivity index (χ1n) is 8.34. The number of carbonyl (C=O) groups excluding carboxylic acids is 1. The van der Waals surface area contributed by atoms with Gasteiger partial charge in [0.05, 0.1) is 11.9 Å². The lowest BCUT2D eigenvalue weighted by Gasteiger charge is -2.10. The molecule has 0 saturated heterocycles. The number of para-hydroxylation sites is 1. The molecule has 0 unspecified atom stereocenters. The van der Waals surface area contributed by atoms with Gasteiger partial charge in [0.2, 0.25) is 0 Å². The third-order valence-electron chi connectivity index (χ3n) is 3.98. The van der Waals surface area contributed by atoms with Gasteiger partial charge in [-0.1, -0.05) is 42.8 Å². The number of nitrogens with zero attached hydrogens (tertiary/aromatic N) is 1. The maximum atomic E-state index is 12.4. The number of nitrogens with one attached hydrogen (secondary N) is 2. The molecule has 126 valence electrons. The van der Waals surface area contributed by atoms with Crippen LogP contribution in [0.3, 0.4) is 0 Å². The lowest BCUT2D eigenvalue weighted by Crippen LogP contribution is -2.14. The molecule has 0 atom stereocenters. The van der Waals surface area contributed by atoms with Crippen LogP contribution in [0, 0.1) is 6.92 Å². The largest absolute Gasteiger partial charge is 0.354 e. The van der Waals surface area contributed by atoms with E-state index in [1.807, 2.05) is 54.6 Å². The Morgan fingerprint density at radius 2 is 1.68 bits per heavy atom. The second-order valence-electron chi connectivity index (χ2n) is 5.89. The molecule has 1 heterocycles. The van der Waals surface area contributed by atoms with Crippen molar-refractivity contribution in [2.24, 2.45) is 0 Å². The van der Waals surface area contributed by atoms with Crippen molar-refractivity contribution in [2.75, 3.05) is 10.6 Å². The van der Waals surface area contributed by atoms with E-state index in [2.05, 4.69) is 29.5 Å². The van der Waals surface area contributed by atoms with Gasteiger partial charge in [-0.15, -0.1) is 0 Å². The molecule has 0 radical (unpaired) electrons. The van der Waals surface area contributed by atoms with Gasteiger partial charge in [-0.3, -0.25) is 4.79 Å². The number of benzene rings is 2. The molecule has 3 rings (SSSR count). The van der Waals surface area contributed by atoms with Crippen molar-refractivity contribution >= 4 is 23.0 Å². The summed E-state index contributed by atoms with van der Waals surface area (Å²) < 4.78 is 0. The highest BCUT2D eigenvalue weighted by Crippen LogP contribution is 2.18. The third-order valence-corrected chi connectivity index (χ3v) is 3.98. The average Bonchev–Trinajstić information content (AvgIpc) is 2.64. The lowest BCUT2D eigenvalue weighted by atomic mass is 10.1.